The molecule has 0 aromatic heterocycles. The summed E-state index contributed by atoms with van der Waals surface area (Å²) in [7, 11) is 1.64. The lowest BCUT2D eigenvalue weighted by molar-refractivity contribution is -0.128. The van der Waals surface area contributed by atoms with Gasteiger partial charge >= 0.3 is 6.09 Å². The standard InChI is InChI=1S/C24H28N4O4/c1-15(25-23(31)32-24(2,3)4)21(29)27-20-22(30)28(5)18-14-10-9-13-17(18)19(26-20)16-11-7-6-8-12-16/h6-15,20H,1-5H3,(H,25,31)(H,27,29). The molecule has 0 radical (unpaired) electrons. The van der Waals surface area contributed by atoms with Crippen molar-refractivity contribution in [2.75, 3.05) is 11.9 Å². The number of rotatable bonds is 4. The first-order valence-electron chi connectivity index (χ1n) is 10.4. The van der Waals surface area contributed by atoms with E-state index in [9.17, 15) is 14.4 Å². The lowest BCUT2D eigenvalue weighted by Crippen LogP contribution is -2.52. The lowest BCUT2D eigenvalue weighted by atomic mass is 10.0. The number of para-hydroxylation sites is 1. The Hall–Kier alpha value is -3.68. The van der Waals surface area contributed by atoms with Crippen LogP contribution in [0.5, 0.6) is 0 Å². The smallest absolute Gasteiger partial charge is 0.408 e. The molecule has 0 saturated carbocycles. The third-order valence-electron chi connectivity index (χ3n) is 4.80. The zero-order valence-electron chi connectivity index (χ0n) is 18.9. The first kappa shape index (κ1) is 23.0. The van der Waals surface area contributed by atoms with Crippen LogP contribution in [0, 0.1) is 0 Å². The van der Waals surface area contributed by atoms with E-state index in [0.717, 1.165) is 11.1 Å². The largest absolute Gasteiger partial charge is 0.444 e. The van der Waals surface area contributed by atoms with Crippen LogP contribution in [-0.2, 0) is 14.3 Å². The highest BCUT2D eigenvalue weighted by Crippen LogP contribution is 2.27. The maximum Gasteiger partial charge on any atom is 0.408 e. The summed E-state index contributed by atoms with van der Waals surface area (Å²) < 4.78 is 5.19. The van der Waals surface area contributed by atoms with Crippen molar-refractivity contribution in [3.63, 3.8) is 0 Å². The first-order valence-corrected chi connectivity index (χ1v) is 10.4. The normalized spacial score (nSPS) is 16.9. The molecule has 8 heteroatoms. The van der Waals surface area contributed by atoms with E-state index in [0.29, 0.717) is 11.4 Å². The molecule has 1 aliphatic rings. The van der Waals surface area contributed by atoms with Gasteiger partial charge in [-0.2, -0.15) is 0 Å². The van der Waals surface area contributed by atoms with Crippen LogP contribution in [0.25, 0.3) is 0 Å². The fourth-order valence-corrected chi connectivity index (χ4v) is 3.25. The summed E-state index contributed by atoms with van der Waals surface area (Å²) in [6.07, 6.45) is -1.87. The molecule has 0 fully saturated rings. The Morgan fingerprint density at radius 1 is 1.06 bits per heavy atom. The van der Waals surface area contributed by atoms with Gasteiger partial charge in [-0.15, -0.1) is 0 Å². The number of fused-ring (bicyclic) bond motifs is 1. The molecular weight excluding hydrogens is 408 g/mol. The van der Waals surface area contributed by atoms with Gasteiger partial charge in [0.25, 0.3) is 5.91 Å². The Kier molecular flexibility index (Phi) is 6.62. The number of nitrogens with zero attached hydrogens (tertiary/aromatic N) is 2. The van der Waals surface area contributed by atoms with Gasteiger partial charge in [0.2, 0.25) is 12.1 Å². The van der Waals surface area contributed by atoms with E-state index in [2.05, 4.69) is 15.6 Å². The lowest BCUT2D eigenvalue weighted by Gasteiger charge is -2.23. The summed E-state index contributed by atoms with van der Waals surface area (Å²) in [6, 6.07) is 16.0. The molecule has 1 aliphatic heterocycles. The van der Waals surface area contributed by atoms with Gasteiger partial charge in [-0.25, -0.2) is 9.79 Å². The second-order valence-corrected chi connectivity index (χ2v) is 8.54. The van der Waals surface area contributed by atoms with Crippen molar-refractivity contribution in [2.24, 2.45) is 4.99 Å². The molecule has 2 N–H and O–H groups in total. The predicted octanol–water partition coefficient (Wildman–Crippen LogP) is 2.86. The van der Waals surface area contributed by atoms with Gasteiger partial charge < -0.3 is 20.3 Å². The SMILES string of the molecule is CC(NC(=O)OC(C)(C)C)C(=O)NC1N=C(c2ccccc2)c2ccccc2N(C)C1=O. The fourth-order valence-electron chi connectivity index (χ4n) is 3.25. The highest BCUT2D eigenvalue weighted by molar-refractivity contribution is 6.20. The minimum absolute atomic E-state index is 0.388. The average Bonchev–Trinajstić information content (AvgIpc) is 2.83. The van der Waals surface area contributed by atoms with E-state index < -0.39 is 29.8 Å². The molecule has 0 spiro atoms. The van der Waals surface area contributed by atoms with Crippen LogP contribution >= 0.6 is 0 Å². The predicted molar refractivity (Wildman–Crippen MR) is 123 cm³/mol. The Balaban J connectivity index is 1.88. The number of hydrogen-bond donors (Lipinski definition) is 2. The number of amides is 3. The van der Waals surface area contributed by atoms with Crippen LogP contribution in [0.3, 0.4) is 0 Å². The number of benzene rings is 2. The van der Waals surface area contributed by atoms with Gasteiger partial charge in [0.1, 0.15) is 11.6 Å². The molecule has 0 saturated heterocycles. The highest BCUT2D eigenvalue weighted by Gasteiger charge is 2.32. The summed E-state index contributed by atoms with van der Waals surface area (Å²) in [6.45, 7) is 6.71. The first-order chi connectivity index (χ1) is 15.1. The summed E-state index contributed by atoms with van der Waals surface area (Å²) >= 11 is 0. The van der Waals surface area contributed by atoms with Crippen molar-refractivity contribution in [2.45, 2.75) is 45.5 Å². The molecule has 2 atom stereocenters. The van der Waals surface area contributed by atoms with E-state index in [-0.39, 0.29) is 5.91 Å². The number of carbonyl (C=O) groups excluding carboxylic acids is 3. The topological polar surface area (TPSA) is 100 Å². The molecule has 8 nitrogen and oxygen atoms in total. The van der Waals surface area contributed by atoms with Gasteiger partial charge in [0.05, 0.1) is 11.4 Å². The Bertz CT molecular complexity index is 1040. The number of nitrogens with one attached hydrogen (secondary N) is 2. The van der Waals surface area contributed by atoms with Gasteiger partial charge in [0, 0.05) is 18.2 Å². The summed E-state index contributed by atoms with van der Waals surface area (Å²) in [5, 5.41) is 5.13. The van der Waals surface area contributed by atoms with Gasteiger partial charge in [0.15, 0.2) is 0 Å². The summed E-state index contributed by atoms with van der Waals surface area (Å²) in [5.41, 5.74) is 2.20. The van der Waals surface area contributed by atoms with Crippen LogP contribution in [0.15, 0.2) is 59.6 Å². The second-order valence-electron chi connectivity index (χ2n) is 8.54. The number of benzodiazepines with no additional fused rings is 1. The minimum atomic E-state index is -1.15. The number of hydrogen-bond acceptors (Lipinski definition) is 5. The third kappa shape index (κ3) is 5.32. The Labute approximate surface area is 187 Å². The number of aliphatic imine (C=N–C) groups is 1. The van der Waals surface area contributed by atoms with Crippen LogP contribution in [0.4, 0.5) is 10.5 Å². The molecule has 0 bridgehead atoms. The van der Waals surface area contributed by atoms with E-state index in [1.807, 2.05) is 54.6 Å². The van der Waals surface area contributed by atoms with E-state index >= 15 is 0 Å². The third-order valence-corrected chi connectivity index (χ3v) is 4.80. The maximum atomic E-state index is 13.1. The number of likely N-dealkylation sites (N-methyl/N-ethyl adjacent to an activating group) is 1. The highest BCUT2D eigenvalue weighted by atomic mass is 16.6. The summed E-state index contributed by atoms with van der Waals surface area (Å²) in [5.74, 6) is -0.939. The quantitative estimate of drug-likeness (QED) is 0.770. The Morgan fingerprint density at radius 2 is 1.69 bits per heavy atom. The van der Waals surface area contributed by atoms with Gasteiger partial charge in [-0.05, 0) is 33.8 Å². The van der Waals surface area contributed by atoms with Gasteiger partial charge in [-0.3, -0.25) is 9.59 Å². The fraction of sp³-hybridized carbons (Fsp3) is 0.333. The van der Waals surface area contributed by atoms with Gasteiger partial charge in [-0.1, -0.05) is 48.5 Å². The minimum Gasteiger partial charge on any atom is -0.444 e. The molecular formula is C24H28N4O4. The molecule has 32 heavy (non-hydrogen) atoms. The van der Waals surface area contributed by atoms with E-state index in [1.165, 1.54) is 11.8 Å². The molecule has 2 aromatic rings. The van der Waals surface area contributed by atoms with Crippen molar-refractivity contribution in [1.29, 1.82) is 0 Å². The average molecular weight is 437 g/mol. The van der Waals surface area contributed by atoms with Crippen molar-refractivity contribution in [1.82, 2.24) is 10.6 Å². The number of ether oxygens (including phenoxy) is 1. The van der Waals surface area contributed by atoms with Crippen molar-refractivity contribution >= 4 is 29.3 Å². The monoisotopic (exact) mass is 436 g/mol. The molecule has 3 amide bonds. The molecule has 2 aromatic carbocycles. The van der Waals surface area contributed by atoms with Crippen LogP contribution in [0.2, 0.25) is 0 Å². The summed E-state index contributed by atoms with van der Waals surface area (Å²) in [4.78, 5) is 44.0. The van der Waals surface area contributed by atoms with Crippen LogP contribution in [0.1, 0.15) is 38.8 Å². The van der Waals surface area contributed by atoms with Crippen molar-refractivity contribution < 1.29 is 19.1 Å². The maximum absolute atomic E-state index is 13.1. The molecule has 168 valence electrons. The van der Waals surface area contributed by atoms with Crippen LogP contribution < -0.4 is 15.5 Å². The number of carbonyl (C=O) groups is 3. The molecule has 2 unspecified atom stereocenters. The molecule has 0 aliphatic carbocycles. The van der Waals surface area contributed by atoms with Crippen molar-refractivity contribution in [3.05, 3.63) is 65.7 Å². The number of anilines is 1. The molecule has 1 heterocycles. The van der Waals surface area contributed by atoms with Crippen LogP contribution in [-0.4, -0.2) is 48.5 Å². The molecule has 3 rings (SSSR count). The second kappa shape index (κ2) is 9.21. The van der Waals surface area contributed by atoms with E-state index in [1.54, 1.807) is 27.8 Å². The van der Waals surface area contributed by atoms with Crippen molar-refractivity contribution in [3.8, 4) is 0 Å². The zero-order valence-corrected chi connectivity index (χ0v) is 18.9. The van der Waals surface area contributed by atoms with E-state index in [4.69, 9.17) is 4.74 Å². The Morgan fingerprint density at radius 3 is 2.34 bits per heavy atom. The zero-order chi connectivity index (χ0) is 23.5. The number of alkyl carbamates (subject to hydrolysis) is 1.